The zero-order valence-electron chi connectivity index (χ0n) is 23.1. The van der Waals surface area contributed by atoms with E-state index in [0.717, 1.165) is 38.5 Å². The summed E-state index contributed by atoms with van der Waals surface area (Å²) in [4.78, 5) is 43.5. The smallest absolute Gasteiger partial charge is 0.381 e. The molecule has 41 heavy (non-hydrogen) atoms. The number of hydrogen-bond acceptors (Lipinski definition) is 9. The second-order valence-corrected chi connectivity index (χ2v) is 10.0. The Morgan fingerprint density at radius 2 is 0.756 bits per heavy atom. The monoisotopic (exact) mass is 574 g/mol. The molecule has 0 aliphatic carbocycles. The molecule has 0 amide bonds. The topological polar surface area (TPSA) is 182 Å². The molecule has 0 aliphatic heterocycles. The number of nitrogens with zero attached hydrogens (tertiary/aromatic N) is 4. The van der Waals surface area contributed by atoms with E-state index in [1.54, 1.807) is 36.4 Å². The minimum Gasteiger partial charge on any atom is -0.381 e. The van der Waals surface area contributed by atoms with E-state index in [1.807, 2.05) is 0 Å². The Morgan fingerprint density at radius 1 is 0.463 bits per heavy atom. The van der Waals surface area contributed by atoms with Crippen LogP contribution in [-0.4, -0.2) is 32.9 Å². The van der Waals surface area contributed by atoms with Crippen LogP contribution in [0.4, 0.5) is 0 Å². The van der Waals surface area contributed by atoms with Crippen molar-refractivity contribution in [1.29, 1.82) is 0 Å². The summed E-state index contributed by atoms with van der Waals surface area (Å²) in [5, 5.41) is 46.7. The maximum atomic E-state index is 11.7. The summed E-state index contributed by atoms with van der Waals surface area (Å²) >= 11 is 0. The number of nitro groups is 4. The van der Waals surface area contributed by atoms with Crippen LogP contribution in [0.15, 0.2) is 60.7 Å². The van der Waals surface area contributed by atoms with Crippen molar-refractivity contribution in [3.63, 3.8) is 0 Å². The molecule has 0 unspecified atom stereocenters. The Hall–Kier alpha value is -4.00. The van der Waals surface area contributed by atoms with Gasteiger partial charge in [-0.3, -0.25) is 40.5 Å². The average molecular weight is 575 g/mol. The SMILES string of the molecule is O=[N+]([O-])C(CCCCCCCOCCCCCCCC(c1ccccc1)([N+](=O)[O-])[N+](=O)[O-])(c1ccccc1)[N+](=O)[O-]. The number of unbranched alkanes of at least 4 members (excludes halogenated alkanes) is 8. The molecule has 0 radical (unpaired) electrons. The predicted molar refractivity (Wildman–Crippen MR) is 150 cm³/mol. The Morgan fingerprint density at radius 3 is 1.07 bits per heavy atom. The predicted octanol–water partition coefficient (Wildman–Crippen LogP) is 6.50. The highest BCUT2D eigenvalue weighted by atomic mass is 16.7. The first kappa shape index (κ1) is 33.2. The van der Waals surface area contributed by atoms with Crippen molar-refractivity contribution in [1.82, 2.24) is 0 Å². The highest BCUT2D eigenvalue weighted by molar-refractivity contribution is 5.20. The summed E-state index contributed by atoms with van der Waals surface area (Å²) in [6.45, 7) is 1.14. The average Bonchev–Trinajstić information content (AvgIpc) is 2.95. The molecule has 0 atom stereocenters. The van der Waals surface area contributed by atoms with E-state index in [2.05, 4.69) is 0 Å². The van der Waals surface area contributed by atoms with Crippen LogP contribution in [0.3, 0.4) is 0 Å². The third-order valence-electron chi connectivity index (χ3n) is 7.31. The summed E-state index contributed by atoms with van der Waals surface area (Å²) in [5.74, 6) is 0. The fourth-order valence-corrected chi connectivity index (χ4v) is 4.93. The fourth-order valence-electron chi connectivity index (χ4n) is 4.93. The van der Waals surface area contributed by atoms with Crippen molar-refractivity contribution in [2.75, 3.05) is 13.2 Å². The van der Waals surface area contributed by atoms with Crippen LogP contribution >= 0.6 is 0 Å². The molecule has 0 saturated heterocycles. The van der Waals surface area contributed by atoms with Gasteiger partial charge in [0.1, 0.15) is 30.8 Å². The van der Waals surface area contributed by atoms with Crippen LogP contribution in [0.25, 0.3) is 0 Å². The van der Waals surface area contributed by atoms with Crippen LogP contribution in [0.1, 0.15) is 88.2 Å². The molecule has 0 saturated carbocycles. The van der Waals surface area contributed by atoms with E-state index < -0.39 is 31.0 Å². The molecule has 2 aromatic carbocycles. The van der Waals surface area contributed by atoms with E-state index in [-0.39, 0.29) is 24.0 Å². The van der Waals surface area contributed by atoms with Crippen molar-refractivity contribution < 1.29 is 24.4 Å². The number of benzene rings is 2. The van der Waals surface area contributed by atoms with Crippen LogP contribution in [-0.2, 0) is 16.1 Å². The van der Waals surface area contributed by atoms with E-state index in [0.29, 0.717) is 38.9 Å². The lowest BCUT2D eigenvalue weighted by molar-refractivity contribution is -0.811. The molecule has 0 heterocycles. The van der Waals surface area contributed by atoms with Gasteiger partial charge in [-0.25, -0.2) is 0 Å². The van der Waals surface area contributed by atoms with Crippen LogP contribution in [0.2, 0.25) is 0 Å². The van der Waals surface area contributed by atoms with Gasteiger partial charge in [0, 0.05) is 13.2 Å². The molecule has 2 rings (SSSR count). The van der Waals surface area contributed by atoms with E-state index in [4.69, 9.17) is 4.74 Å². The third-order valence-corrected chi connectivity index (χ3v) is 7.31. The second-order valence-electron chi connectivity index (χ2n) is 10.0. The zero-order valence-corrected chi connectivity index (χ0v) is 23.1. The molecular weight excluding hydrogens is 536 g/mol. The largest absolute Gasteiger partial charge is 0.484 e. The van der Waals surface area contributed by atoms with Gasteiger partial charge in [0.15, 0.2) is 0 Å². The first-order valence-electron chi connectivity index (χ1n) is 14.0. The molecule has 13 nitrogen and oxygen atoms in total. The number of ether oxygens (including phenoxy) is 1. The molecule has 0 bridgehead atoms. The minimum atomic E-state index is -2.33. The van der Waals surface area contributed by atoms with Crippen molar-refractivity contribution in [2.45, 2.75) is 88.4 Å². The van der Waals surface area contributed by atoms with Gasteiger partial charge >= 0.3 is 11.3 Å². The van der Waals surface area contributed by atoms with Gasteiger partial charge in [0.2, 0.25) is 0 Å². The van der Waals surface area contributed by atoms with Gasteiger partial charge in [-0.15, -0.1) is 0 Å². The molecule has 0 fully saturated rings. The second kappa shape index (κ2) is 17.0. The maximum Gasteiger partial charge on any atom is 0.484 e. The van der Waals surface area contributed by atoms with E-state index in [1.165, 1.54) is 24.3 Å². The maximum absolute atomic E-state index is 11.7. The summed E-state index contributed by atoms with van der Waals surface area (Å²) in [5.41, 5.74) is -4.49. The quantitative estimate of drug-likeness (QED) is 0.0656. The standard InChI is InChI=1S/C28H38N4O9/c33-29(34)27(30(35)36,25-17-9-7-10-18-25)21-13-3-1-5-15-23-41-24-16-6-2-4-14-22-28(31(37)38,32(39)40)26-19-11-8-12-20-26/h7-12,17-20H,1-6,13-16,21-24H2. The molecular formula is C28H38N4O9. The summed E-state index contributed by atoms with van der Waals surface area (Å²) in [6, 6.07) is 15.3. The van der Waals surface area contributed by atoms with Crippen LogP contribution in [0.5, 0.6) is 0 Å². The summed E-state index contributed by atoms with van der Waals surface area (Å²) in [7, 11) is 0. The van der Waals surface area contributed by atoms with Crippen molar-refractivity contribution in [2.24, 2.45) is 0 Å². The lowest BCUT2D eigenvalue weighted by Gasteiger charge is -2.17. The van der Waals surface area contributed by atoms with Crippen molar-refractivity contribution >= 4 is 0 Å². The van der Waals surface area contributed by atoms with Crippen LogP contribution < -0.4 is 0 Å². The third kappa shape index (κ3) is 9.00. The highest BCUT2D eigenvalue weighted by Crippen LogP contribution is 2.33. The van der Waals surface area contributed by atoms with Gasteiger partial charge in [0.05, 0.1) is 12.8 Å². The fraction of sp³-hybridized carbons (Fsp3) is 0.571. The van der Waals surface area contributed by atoms with E-state index in [9.17, 15) is 40.5 Å². The molecule has 0 aromatic heterocycles. The first-order valence-corrected chi connectivity index (χ1v) is 14.0. The van der Waals surface area contributed by atoms with Crippen molar-refractivity contribution in [3.8, 4) is 0 Å². The Bertz CT molecular complexity index is 1000. The lowest BCUT2D eigenvalue weighted by Crippen LogP contribution is -2.43. The summed E-state index contributed by atoms with van der Waals surface area (Å²) < 4.78 is 5.64. The molecule has 13 heteroatoms. The van der Waals surface area contributed by atoms with Gasteiger partial charge in [-0.2, -0.15) is 0 Å². The molecule has 0 spiro atoms. The van der Waals surface area contributed by atoms with Gasteiger partial charge in [-0.05, 0) is 49.9 Å². The Balaban J connectivity index is 1.56. The van der Waals surface area contributed by atoms with Gasteiger partial charge < -0.3 is 4.74 Å². The number of rotatable bonds is 22. The summed E-state index contributed by atoms with van der Waals surface area (Å²) in [6.07, 6.45) is 6.62. The van der Waals surface area contributed by atoms with Crippen LogP contribution in [0, 0.1) is 40.5 Å². The van der Waals surface area contributed by atoms with Gasteiger partial charge in [0.25, 0.3) is 0 Å². The molecule has 224 valence electrons. The van der Waals surface area contributed by atoms with E-state index >= 15 is 0 Å². The first-order chi connectivity index (χ1) is 19.7. The molecule has 0 N–H and O–H groups in total. The zero-order chi connectivity index (χ0) is 30.1. The van der Waals surface area contributed by atoms with Crippen molar-refractivity contribution in [3.05, 3.63) is 112 Å². The van der Waals surface area contributed by atoms with Gasteiger partial charge in [-0.1, -0.05) is 74.9 Å². The minimum absolute atomic E-state index is 0.0804. The molecule has 0 aliphatic rings. The molecule has 2 aromatic rings. The Kier molecular flexibility index (Phi) is 13.7. The lowest BCUT2D eigenvalue weighted by atomic mass is 9.94. The number of hydrogen-bond donors (Lipinski definition) is 0. The normalized spacial score (nSPS) is 11.7. The highest BCUT2D eigenvalue weighted by Gasteiger charge is 2.58. The Labute approximate surface area is 238 Å².